The van der Waals surface area contributed by atoms with Gasteiger partial charge in [-0.2, -0.15) is 0 Å². The second kappa shape index (κ2) is 14.1. The van der Waals surface area contributed by atoms with Gasteiger partial charge in [-0.3, -0.25) is 9.59 Å². The van der Waals surface area contributed by atoms with Crippen molar-refractivity contribution in [2.24, 2.45) is 5.92 Å². The molecule has 0 radical (unpaired) electrons. The van der Waals surface area contributed by atoms with Crippen LogP contribution in [0.5, 0.6) is 0 Å². The number of hydrogen-bond donors (Lipinski definition) is 4. The molecule has 2 atom stereocenters. The standard InChI is InChI=1S/C33H41N5O5/c1-9-10-11-24(20(4)19(2)3)21(5)28-36-29(34-7)27-30(37-28)38-32(42)33(27,6)23-15-12-22(13-16-23)14-17-26(39)35-25(18-43-8)31(40)41/h9-13,15-16,19,25H,1,5,14,17-18H2,2-4,6-8H3,(H,35,39)(H,40,41)(H2,34,36,37,38,42)/b11-10-,24-20-/t25?,33-/m0/s1. The number of rotatable bonds is 14. The van der Waals surface area contributed by atoms with Gasteiger partial charge in [0.25, 0.3) is 0 Å². The van der Waals surface area contributed by atoms with Gasteiger partial charge in [-0.25, -0.2) is 14.8 Å². The fourth-order valence-electron chi connectivity index (χ4n) is 4.90. The van der Waals surface area contributed by atoms with Gasteiger partial charge < -0.3 is 25.8 Å². The number of aromatic nitrogens is 2. The van der Waals surface area contributed by atoms with Gasteiger partial charge in [0, 0.05) is 26.2 Å². The Morgan fingerprint density at radius 3 is 2.44 bits per heavy atom. The predicted molar refractivity (Wildman–Crippen MR) is 169 cm³/mol. The lowest BCUT2D eigenvalue weighted by atomic mass is 9.77. The molecule has 0 saturated heterocycles. The summed E-state index contributed by atoms with van der Waals surface area (Å²) in [5, 5.41) is 17.8. The van der Waals surface area contributed by atoms with Crippen molar-refractivity contribution in [3.63, 3.8) is 0 Å². The van der Waals surface area contributed by atoms with Crippen LogP contribution in [0.25, 0.3) is 5.57 Å². The summed E-state index contributed by atoms with van der Waals surface area (Å²) in [7, 11) is 3.13. The highest BCUT2D eigenvalue weighted by Gasteiger charge is 2.47. The summed E-state index contributed by atoms with van der Waals surface area (Å²) in [6, 6.07) is 6.32. The minimum Gasteiger partial charge on any atom is -0.480 e. The number of anilines is 2. The van der Waals surface area contributed by atoms with Crippen molar-refractivity contribution in [2.75, 3.05) is 31.4 Å². The third-order valence-corrected chi connectivity index (χ3v) is 7.76. The van der Waals surface area contributed by atoms with E-state index in [0.29, 0.717) is 35.0 Å². The number of carbonyl (C=O) groups excluding carboxylic acids is 2. The molecule has 2 heterocycles. The molecule has 228 valence electrons. The van der Waals surface area contributed by atoms with Crippen molar-refractivity contribution in [1.29, 1.82) is 0 Å². The highest BCUT2D eigenvalue weighted by atomic mass is 16.5. The van der Waals surface area contributed by atoms with Crippen molar-refractivity contribution in [3.05, 3.63) is 89.3 Å². The summed E-state index contributed by atoms with van der Waals surface area (Å²) in [6.45, 7) is 16.0. The first-order valence-electron chi connectivity index (χ1n) is 14.1. The maximum absolute atomic E-state index is 13.5. The average Bonchev–Trinajstić information content (AvgIpc) is 3.25. The Morgan fingerprint density at radius 1 is 1.21 bits per heavy atom. The molecule has 1 aliphatic heterocycles. The van der Waals surface area contributed by atoms with E-state index in [1.165, 1.54) is 7.11 Å². The molecule has 4 N–H and O–H groups in total. The number of aryl methyl sites for hydroxylation is 1. The number of methoxy groups -OCH3 is 1. The van der Waals surface area contributed by atoms with Crippen molar-refractivity contribution >= 4 is 35.0 Å². The van der Waals surface area contributed by atoms with Crippen LogP contribution in [0, 0.1) is 5.92 Å². The highest BCUT2D eigenvalue weighted by molar-refractivity contribution is 6.09. The average molecular weight is 588 g/mol. The molecule has 2 aromatic rings. The maximum atomic E-state index is 13.5. The van der Waals surface area contributed by atoms with Gasteiger partial charge in [0.05, 0.1) is 12.2 Å². The fraction of sp³-hybridized carbons (Fsp3) is 0.364. The Balaban J connectivity index is 1.90. The van der Waals surface area contributed by atoms with Crippen molar-refractivity contribution in [1.82, 2.24) is 15.3 Å². The summed E-state index contributed by atoms with van der Waals surface area (Å²) in [6.07, 6.45) is 5.99. The van der Waals surface area contributed by atoms with Crippen molar-refractivity contribution in [2.45, 2.75) is 52.0 Å². The summed E-state index contributed by atoms with van der Waals surface area (Å²) < 4.78 is 4.86. The van der Waals surface area contributed by atoms with E-state index in [4.69, 9.17) is 14.7 Å². The molecule has 0 spiro atoms. The lowest BCUT2D eigenvalue weighted by Crippen LogP contribution is -2.43. The van der Waals surface area contributed by atoms with Crippen LogP contribution < -0.4 is 16.0 Å². The second-order valence-electron chi connectivity index (χ2n) is 10.9. The van der Waals surface area contributed by atoms with E-state index in [1.54, 1.807) is 13.1 Å². The maximum Gasteiger partial charge on any atom is 0.328 e. The van der Waals surface area contributed by atoms with Gasteiger partial charge in [-0.15, -0.1) is 0 Å². The van der Waals surface area contributed by atoms with E-state index >= 15 is 0 Å². The van der Waals surface area contributed by atoms with E-state index in [1.807, 2.05) is 50.3 Å². The molecule has 1 aromatic heterocycles. The van der Waals surface area contributed by atoms with Crippen LogP contribution in [0.4, 0.5) is 11.6 Å². The normalized spacial score (nSPS) is 17.2. The van der Waals surface area contributed by atoms with Gasteiger partial charge in [0.15, 0.2) is 11.9 Å². The zero-order valence-electron chi connectivity index (χ0n) is 25.7. The van der Waals surface area contributed by atoms with Crippen molar-refractivity contribution < 1.29 is 24.2 Å². The highest BCUT2D eigenvalue weighted by Crippen LogP contribution is 2.45. The summed E-state index contributed by atoms with van der Waals surface area (Å²) in [5.41, 5.74) is 3.83. The van der Waals surface area contributed by atoms with E-state index in [9.17, 15) is 19.5 Å². The van der Waals surface area contributed by atoms with Crippen LogP contribution in [-0.2, 0) is 31.0 Å². The number of carboxylic acids is 1. The molecule has 2 amide bonds. The molecule has 0 aliphatic carbocycles. The Hall–Kier alpha value is -4.57. The molecule has 0 bridgehead atoms. The molecule has 1 aromatic carbocycles. The first-order chi connectivity index (χ1) is 20.4. The smallest absolute Gasteiger partial charge is 0.328 e. The summed E-state index contributed by atoms with van der Waals surface area (Å²) in [5.74, 6) is -0.168. The zero-order valence-corrected chi connectivity index (χ0v) is 25.7. The summed E-state index contributed by atoms with van der Waals surface area (Å²) >= 11 is 0. The first kappa shape index (κ1) is 32.9. The monoisotopic (exact) mass is 587 g/mol. The number of carbonyl (C=O) groups is 3. The molecule has 1 aliphatic rings. The van der Waals surface area contributed by atoms with Gasteiger partial charge in [0.1, 0.15) is 17.1 Å². The molecule has 0 saturated carbocycles. The topological polar surface area (TPSA) is 143 Å². The molecular weight excluding hydrogens is 546 g/mol. The Labute approximate surface area is 253 Å². The Bertz CT molecular complexity index is 1480. The van der Waals surface area contributed by atoms with Gasteiger partial charge in [0.2, 0.25) is 11.8 Å². The number of hydrogen-bond acceptors (Lipinski definition) is 7. The molecule has 10 heteroatoms. The number of carboxylic acid groups (broad SMARTS) is 1. The van der Waals surface area contributed by atoms with Gasteiger partial charge >= 0.3 is 5.97 Å². The van der Waals surface area contributed by atoms with E-state index < -0.39 is 17.4 Å². The molecule has 43 heavy (non-hydrogen) atoms. The van der Waals surface area contributed by atoms with Crippen LogP contribution in [0.2, 0.25) is 0 Å². The lowest BCUT2D eigenvalue weighted by Gasteiger charge is -2.25. The number of nitrogens with zero attached hydrogens (tertiary/aromatic N) is 2. The second-order valence-corrected chi connectivity index (χ2v) is 10.9. The number of aliphatic carboxylic acids is 1. The quantitative estimate of drug-likeness (QED) is 0.234. The molecule has 10 nitrogen and oxygen atoms in total. The fourth-order valence-corrected chi connectivity index (χ4v) is 4.90. The number of allylic oxidation sites excluding steroid dienone is 6. The number of fused-ring (bicyclic) bond motifs is 1. The Kier molecular flexibility index (Phi) is 10.8. The van der Waals surface area contributed by atoms with Crippen LogP contribution >= 0.6 is 0 Å². The third kappa shape index (κ3) is 7.09. The number of benzene rings is 1. The largest absolute Gasteiger partial charge is 0.480 e. The summed E-state index contributed by atoms with van der Waals surface area (Å²) in [4.78, 5) is 46.6. The molecule has 3 rings (SSSR count). The number of ether oxygens (including phenoxy) is 1. The first-order valence-corrected chi connectivity index (χ1v) is 14.1. The van der Waals surface area contributed by atoms with Crippen LogP contribution in [0.15, 0.2) is 66.8 Å². The lowest BCUT2D eigenvalue weighted by molar-refractivity contribution is -0.143. The predicted octanol–water partition coefficient (Wildman–Crippen LogP) is 4.65. The molecule has 1 unspecified atom stereocenters. The number of amides is 2. The third-order valence-electron chi connectivity index (χ3n) is 7.76. The van der Waals surface area contributed by atoms with E-state index in [-0.39, 0.29) is 30.8 Å². The Morgan fingerprint density at radius 2 is 1.88 bits per heavy atom. The van der Waals surface area contributed by atoms with Gasteiger partial charge in [-0.05, 0) is 42.9 Å². The molecule has 0 fully saturated rings. The molecular formula is C33H41N5O5. The van der Waals surface area contributed by atoms with E-state index in [2.05, 4.69) is 43.0 Å². The SMILES string of the molecule is C=C/C=C\C(C(=C)c1nc(NC)c2c(n1)NC(=O)[C@@]2(C)c1ccc(CCC(=O)NC(COC)C(=O)O)cc1)=C(/C)C(C)C. The van der Waals surface area contributed by atoms with Crippen molar-refractivity contribution in [3.8, 4) is 0 Å². The van der Waals surface area contributed by atoms with Crippen LogP contribution in [-0.4, -0.2) is 59.7 Å². The van der Waals surface area contributed by atoms with Crippen LogP contribution in [0.3, 0.4) is 0 Å². The minimum absolute atomic E-state index is 0.104. The van der Waals surface area contributed by atoms with Gasteiger partial charge in [-0.1, -0.05) is 75.1 Å². The minimum atomic E-state index is -1.16. The zero-order chi connectivity index (χ0) is 31.9. The van der Waals surface area contributed by atoms with E-state index in [0.717, 1.165) is 22.3 Å². The van der Waals surface area contributed by atoms with Crippen LogP contribution in [0.1, 0.15) is 56.6 Å². The number of nitrogens with one attached hydrogen (secondary N) is 3.